The predicted octanol–water partition coefficient (Wildman–Crippen LogP) is 12.1. The van der Waals surface area contributed by atoms with Crippen LogP contribution in [0.3, 0.4) is 0 Å². The number of aromatic amines is 1. The lowest BCUT2D eigenvalue weighted by Gasteiger charge is -2.14. The van der Waals surface area contributed by atoms with Crippen LogP contribution in [-0.2, 0) is 0 Å². The summed E-state index contributed by atoms with van der Waals surface area (Å²) < 4.78 is 0. The molecule has 49 heavy (non-hydrogen) atoms. The fraction of sp³-hybridized carbons (Fsp3) is 0. The molecule has 0 radical (unpaired) electrons. The zero-order valence-corrected chi connectivity index (χ0v) is 26.7. The van der Waals surface area contributed by atoms with Crippen LogP contribution >= 0.6 is 0 Å². The zero-order valence-electron chi connectivity index (χ0n) is 26.7. The highest BCUT2D eigenvalue weighted by atomic mass is 14.9. The molecule has 0 amide bonds. The molecule has 0 aliphatic heterocycles. The minimum atomic E-state index is 0.700. The smallest absolute Gasteiger partial charge is 0.160 e. The molecule has 0 aliphatic carbocycles. The Morgan fingerprint density at radius 3 is 1.69 bits per heavy atom. The number of rotatable bonds is 6. The summed E-state index contributed by atoms with van der Waals surface area (Å²) in [6, 6.07) is 62.1. The third kappa shape index (κ3) is 5.48. The summed E-state index contributed by atoms with van der Waals surface area (Å²) in [5, 5.41) is 4.82. The van der Waals surface area contributed by atoms with Crippen LogP contribution < -0.4 is 0 Å². The molecule has 9 aromatic rings. The number of nitrogens with one attached hydrogen (secondary N) is 1. The second kappa shape index (κ2) is 12.2. The first kappa shape index (κ1) is 28.6. The number of benzene rings is 7. The van der Waals surface area contributed by atoms with Crippen molar-refractivity contribution in [3.8, 4) is 67.4 Å². The van der Waals surface area contributed by atoms with Crippen molar-refractivity contribution in [2.45, 2.75) is 0 Å². The Kier molecular flexibility index (Phi) is 7.14. The third-order valence-corrected chi connectivity index (χ3v) is 9.31. The second-order valence-corrected chi connectivity index (χ2v) is 12.3. The van der Waals surface area contributed by atoms with Gasteiger partial charge in [-0.15, -0.1) is 0 Å². The summed E-state index contributed by atoms with van der Waals surface area (Å²) in [4.78, 5) is 13.8. The van der Waals surface area contributed by atoms with Crippen molar-refractivity contribution in [2.24, 2.45) is 0 Å². The number of hydrogen-bond donors (Lipinski definition) is 1. The second-order valence-electron chi connectivity index (χ2n) is 12.3. The maximum Gasteiger partial charge on any atom is 0.160 e. The fourth-order valence-corrected chi connectivity index (χ4v) is 6.78. The van der Waals surface area contributed by atoms with E-state index >= 15 is 0 Å². The molecule has 230 valence electrons. The quantitative estimate of drug-likeness (QED) is 0.187. The Labute approximate surface area is 285 Å². The van der Waals surface area contributed by atoms with Gasteiger partial charge in [-0.25, -0.2) is 9.97 Å². The van der Waals surface area contributed by atoms with Gasteiger partial charge in [0, 0.05) is 28.6 Å². The van der Waals surface area contributed by atoms with Gasteiger partial charge in [-0.1, -0.05) is 146 Å². The first-order valence-corrected chi connectivity index (χ1v) is 16.6. The number of nitrogens with zero attached hydrogens (tertiary/aromatic N) is 2. The molecular weight excluding hydrogens is 595 g/mol. The van der Waals surface area contributed by atoms with Gasteiger partial charge in [0.2, 0.25) is 0 Å². The molecule has 0 saturated heterocycles. The van der Waals surface area contributed by atoms with Crippen molar-refractivity contribution in [1.29, 1.82) is 0 Å². The van der Waals surface area contributed by atoms with Gasteiger partial charge in [0.1, 0.15) is 0 Å². The van der Waals surface area contributed by atoms with E-state index < -0.39 is 0 Å². The minimum Gasteiger partial charge on any atom is -0.361 e. The van der Waals surface area contributed by atoms with Crippen molar-refractivity contribution in [3.05, 3.63) is 182 Å². The normalized spacial score (nSPS) is 11.3. The van der Waals surface area contributed by atoms with Gasteiger partial charge in [0.25, 0.3) is 0 Å². The average Bonchev–Trinajstić information content (AvgIpc) is 3.74. The first-order valence-electron chi connectivity index (χ1n) is 16.6. The predicted molar refractivity (Wildman–Crippen MR) is 204 cm³/mol. The molecule has 0 fully saturated rings. The molecule has 2 heterocycles. The highest BCUT2D eigenvalue weighted by molar-refractivity contribution is 6.13. The maximum absolute atomic E-state index is 5.27. The Morgan fingerprint density at radius 2 is 0.939 bits per heavy atom. The van der Waals surface area contributed by atoms with Crippen LogP contribution in [0.15, 0.2) is 182 Å². The van der Waals surface area contributed by atoms with Gasteiger partial charge in [-0.05, 0) is 79.7 Å². The van der Waals surface area contributed by atoms with Gasteiger partial charge < -0.3 is 4.98 Å². The molecule has 0 bridgehead atoms. The highest BCUT2D eigenvalue weighted by Gasteiger charge is 2.15. The van der Waals surface area contributed by atoms with E-state index in [1.54, 1.807) is 0 Å². The van der Waals surface area contributed by atoms with E-state index in [2.05, 4.69) is 169 Å². The van der Waals surface area contributed by atoms with Crippen LogP contribution in [0.25, 0.3) is 89.0 Å². The molecule has 2 aromatic heterocycles. The zero-order chi connectivity index (χ0) is 32.6. The first-order chi connectivity index (χ1) is 24.3. The minimum absolute atomic E-state index is 0.700. The molecule has 3 heteroatoms. The Bertz CT molecular complexity index is 2570. The number of aromatic nitrogens is 3. The standard InChI is InChI=1S/C46H31N3/c1-2-10-31(11-3-1)36-13-8-14-38(28-36)46-48-44(35-25-21-33(22-26-35)32-19-23-34(24-20-32)43-18-9-27-47-43)30-45(49-46)42-29-37-12-4-5-15-39(37)40-16-6-7-17-41(40)42/h1-30,47H. The lowest BCUT2D eigenvalue weighted by atomic mass is 9.94. The molecular formula is C46H31N3. The van der Waals surface area contributed by atoms with Crippen molar-refractivity contribution in [2.75, 3.05) is 0 Å². The number of fused-ring (bicyclic) bond motifs is 3. The molecule has 0 aliphatic rings. The van der Waals surface area contributed by atoms with Crippen molar-refractivity contribution in [3.63, 3.8) is 0 Å². The summed E-state index contributed by atoms with van der Waals surface area (Å²) in [6.45, 7) is 0. The van der Waals surface area contributed by atoms with E-state index in [-0.39, 0.29) is 0 Å². The van der Waals surface area contributed by atoms with Crippen LogP contribution in [0.4, 0.5) is 0 Å². The van der Waals surface area contributed by atoms with Crippen molar-refractivity contribution in [1.82, 2.24) is 15.0 Å². The Morgan fingerprint density at radius 1 is 0.347 bits per heavy atom. The summed E-state index contributed by atoms with van der Waals surface area (Å²) in [5.41, 5.74) is 11.8. The van der Waals surface area contributed by atoms with Gasteiger partial charge in [-0.2, -0.15) is 0 Å². The summed E-state index contributed by atoms with van der Waals surface area (Å²) in [5.74, 6) is 0.700. The molecule has 7 aromatic carbocycles. The molecule has 0 unspecified atom stereocenters. The van der Waals surface area contributed by atoms with E-state index in [0.29, 0.717) is 5.82 Å². The molecule has 3 nitrogen and oxygen atoms in total. The van der Waals surface area contributed by atoms with Crippen LogP contribution in [0.2, 0.25) is 0 Å². The van der Waals surface area contributed by atoms with E-state index in [0.717, 1.165) is 50.5 Å². The topological polar surface area (TPSA) is 41.6 Å². The summed E-state index contributed by atoms with van der Waals surface area (Å²) in [6.07, 6.45) is 1.95. The fourth-order valence-electron chi connectivity index (χ4n) is 6.78. The number of H-pyrrole nitrogens is 1. The van der Waals surface area contributed by atoms with Gasteiger partial charge in [0.05, 0.1) is 11.4 Å². The molecule has 1 N–H and O–H groups in total. The average molecular weight is 626 g/mol. The molecule has 9 rings (SSSR count). The van der Waals surface area contributed by atoms with Crippen LogP contribution in [-0.4, -0.2) is 15.0 Å². The Balaban J connectivity index is 1.18. The van der Waals surface area contributed by atoms with Crippen LogP contribution in [0.5, 0.6) is 0 Å². The summed E-state index contributed by atoms with van der Waals surface area (Å²) >= 11 is 0. The lowest BCUT2D eigenvalue weighted by molar-refractivity contribution is 1.19. The van der Waals surface area contributed by atoms with Gasteiger partial charge in [0.15, 0.2) is 5.82 Å². The largest absolute Gasteiger partial charge is 0.361 e. The number of hydrogen-bond acceptors (Lipinski definition) is 2. The summed E-state index contributed by atoms with van der Waals surface area (Å²) in [7, 11) is 0. The van der Waals surface area contributed by atoms with E-state index in [1.165, 1.54) is 32.7 Å². The monoisotopic (exact) mass is 625 g/mol. The van der Waals surface area contributed by atoms with E-state index in [4.69, 9.17) is 9.97 Å². The van der Waals surface area contributed by atoms with Gasteiger partial charge >= 0.3 is 0 Å². The van der Waals surface area contributed by atoms with Crippen molar-refractivity contribution < 1.29 is 0 Å². The highest BCUT2D eigenvalue weighted by Crippen LogP contribution is 2.37. The van der Waals surface area contributed by atoms with Gasteiger partial charge in [-0.3, -0.25) is 0 Å². The van der Waals surface area contributed by atoms with Crippen LogP contribution in [0.1, 0.15) is 0 Å². The van der Waals surface area contributed by atoms with E-state index in [9.17, 15) is 0 Å². The Hall–Kier alpha value is -6.58. The van der Waals surface area contributed by atoms with E-state index in [1.807, 2.05) is 18.3 Å². The van der Waals surface area contributed by atoms with Crippen LogP contribution in [0, 0.1) is 0 Å². The van der Waals surface area contributed by atoms with Crippen molar-refractivity contribution >= 4 is 21.5 Å². The third-order valence-electron chi connectivity index (χ3n) is 9.31. The lowest BCUT2D eigenvalue weighted by Crippen LogP contribution is -1.97. The molecule has 0 saturated carbocycles. The SMILES string of the molecule is c1ccc(-c2cccc(-c3nc(-c4ccc(-c5ccc(-c6ccc[nH]6)cc5)cc4)cc(-c4cc5ccccc5c5ccccc45)n3)c2)cc1. The molecule has 0 spiro atoms. The molecule has 0 atom stereocenters. The maximum atomic E-state index is 5.27.